The number of para-hydroxylation sites is 1. The molecular formula is C22H15ClN2O3. The van der Waals surface area contributed by atoms with Crippen molar-refractivity contribution in [1.82, 2.24) is 4.98 Å². The van der Waals surface area contributed by atoms with Crippen LogP contribution in [-0.2, 0) is 6.54 Å². The lowest BCUT2D eigenvalue weighted by Crippen LogP contribution is -2.31. The zero-order valence-corrected chi connectivity index (χ0v) is 15.5. The van der Waals surface area contributed by atoms with Crippen molar-refractivity contribution in [2.24, 2.45) is 0 Å². The van der Waals surface area contributed by atoms with Crippen LogP contribution < -0.4 is 10.3 Å². The zero-order valence-electron chi connectivity index (χ0n) is 14.7. The molecule has 0 aliphatic carbocycles. The summed E-state index contributed by atoms with van der Waals surface area (Å²) >= 11 is 5.95. The van der Waals surface area contributed by atoms with E-state index in [4.69, 9.17) is 16.0 Å². The Morgan fingerprint density at radius 3 is 2.50 bits per heavy atom. The molecule has 2 aromatic heterocycles. The topological polar surface area (TPSA) is 63.4 Å². The van der Waals surface area contributed by atoms with Gasteiger partial charge in [0.2, 0.25) is 0 Å². The largest absolute Gasteiger partial charge is 0.451 e. The molecule has 0 saturated heterocycles. The van der Waals surface area contributed by atoms with Gasteiger partial charge in [-0.3, -0.25) is 14.5 Å². The van der Waals surface area contributed by atoms with Gasteiger partial charge in [0, 0.05) is 17.3 Å². The first-order valence-electron chi connectivity index (χ1n) is 8.62. The maximum atomic E-state index is 13.2. The number of hydrogen-bond acceptors (Lipinski definition) is 4. The Hall–Kier alpha value is -3.44. The summed E-state index contributed by atoms with van der Waals surface area (Å²) < 4.78 is 5.72. The van der Waals surface area contributed by atoms with Gasteiger partial charge in [-0.2, -0.15) is 0 Å². The van der Waals surface area contributed by atoms with Crippen molar-refractivity contribution in [2.45, 2.75) is 6.54 Å². The molecular weight excluding hydrogens is 376 g/mol. The highest BCUT2D eigenvalue weighted by molar-refractivity contribution is 6.30. The third-order valence-electron chi connectivity index (χ3n) is 4.27. The summed E-state index contributed by atoms with van der Waals surface area (Å²) in [4.78, 5) is 31.4. The van der Waals surface area contributed by atoms with E-state index < -0.39 is 5.91 Å². The minimum Gasteiger partial charge on any atom is -0.451 e. The average molecular weight is 391 g/mol. The number of hydrogen-bond donors (Lipinski definition) is 0. The predicted octanol–water partition coefficient (Wildman–Crippen LogP) is 4.69. The molecule has 1 amide bonds. The lowest BCUT2D eigenvalue weighted by Gasteiger charge is -2.21. The molecule has 0 radical (unpaired) electrons. The molecule has 5 nitrogen and oxygen atoms in total. The van der Waals surface area contributed by atoms with Gasteiger partial charge in [0.25, 0.3) is 5.91 Å². The van der Waals surface area contributed by atoms with E-state index >= 15 is 0 Å². The van der Waals surface area contributed by atoms with E-state index in [-0.39, 0.29) is 17.7 Å². The number of carbonyl (C=O) groups excluding carboxylic acids is 1. The van der Waals surface area contributed by atoms with Crippen LogP contribution in [0.1, 0.15) is 16.1 Å². The van der Waals surface area contributed by atoms with E-state index in [0.717, 1.165) is 5.56 Å². The van der Waals surface area contributed by atoms with Crippen molar-refractivity contribution in [3.8, 4) is 0 Å². The molecule has 0 aliphatic heterocycles. The fraction of sp³-hybridized carbons (Fsp3) is 0.0455. The van der Waals surface area contributed by atoms with Gasteiger partial charge in [-0.1, -0.05) is 41.9 Å². The van der Waals surface area contributed by atoms with Gasteiger partial charge in [0.15, 0.2) is 11.2 Å². The second kappa shape index (κ2) is 7.66. The number of aromatic nitrogens is 1. The molecule has 0 bridgehead atoms. The first-order valence-corrected chi connectivity index (χ1v) is 9.00. The number of amides is 1. The third-order valence-corrected chi connectivity index (χ3v) is 4.52. The van der Waals surface area contributed by atoms with Gasteiger partial charge < -0.3 is 4.42 Å². The molecule has 0 saturated carbocycles. The zero-order chi connectivity index (χ0) is 19.5. The normalized spacial score (nSPS) is 10.8. The maximum absolute atomic E-state index is 13.2. The van der Waals surface area contributed by atoms with Crippen molar-refractivity contribution in [1.29, 1.82) is 0 Å². The summed E-state index contributed by atoms with van der Waals surface area (Å²) in [6.45, 7) is 0.254. The summed E-state index contributed by atoms with van der Waals surface area (Å²) in [6, 6.07) is 20.5. The molecule has 4 rings (SSSR count). The van der Waals surface area contributed by atoms with E-state index in [0.29, 0.717) is 21.8 Å². The smallest absolute Gasteiger partial charge is 0.295 e. The highest BCUT2D eigenvalue weighted by Gasteiger charge is 2.22. The minimum absolute atomic E-state index is 0.0386. The second-order valence-electron chi connectivity index (χ2n) is 6.18. The maximum Gasteiger partial charge on any atom is 0.295 e. The Morgan fingerprint density at radius 1 is 1.00 bits per heavy atom. The molecule has 0 spiro atoms. The molecule has 0 atom stereocenters. The molecule has 6 heteroatoms. The first-order chi connectivity index (χ1) is 13.6. The van der Waals surface area contributed by atoms with Gasteiger partial charge in [-0.25, -0.2) is 4.98 Å². The average Bonchev–Trinajstić information content (AvgIpc) is 2.73. The Labute approximate surface area is 165 Å². The van der Waals surface area contributed by atoms with Crippen LogP contribution in [0.2, 0.25) is 5.02 Å². The van der Waals surface area contributed by atoms with Gasteiger partial charge in [0.05, 0.1) is 11.9 Å². The van der Waals surface area contributed by atoms with Crippen LogP contribution in [0.3, 0.4) is 0 Å². The quantitative estimate of drug-likeness (QED) is 0.507. The molecule has 0 unspecified atom stereocenters. The Balaban J connectivity index is 1.76. The van der Waals surface area contributed by atoms with Crippen LogP contribution in [0.4, 0.5) is 5.82 Å². The van der Waals surface area contributed by atoms with Crippen molar-refractivity contribution in [3.05, 3.63) is 106 Å². The van der Waals surface area contributed by atoms with Crippen molar-refractivity contribution in [2.75, 3.05) is 4.90 Å². The molecule has 0 fully saturated rings. The van der Waals surface area contributed by atoms with Crippen LogP contribution in [0.25, 0.3) is 11.0 Å². The summed E-state index contributed by atoms with van der Waals surface area (Å²) in [5, 5.41) is 1.04. The van der Waals surface area contributed by atoms with E-state index in [2.05, 4.69) is 4.98 Å². The molecule has 2 heterocycles. The summed E-state index contributed by atoms with van der Waals surface area (Å²) in [5.41, 5.74) is 0.968. The number of carbonyl (C=O) groups is 1. The van der Waals surface area contributed by atoms with Gasteiger partial charge in [-0.05, 0) is 42.0 Å². The highest BCUT2D eigenvalue weighted by Crippen LogP contribution is 2.20. The highest BCUT2D eigenvalue weighted by atomic mass is 35.5. The van der Waals surface area contributed by atoms with Crippen LogP contribution >= 0.6 is 11.6 Å². The Morgan fingerprint density at radius 2 is 1.75 bits per heavy atom. The summed E-state index contributed by atoms with van der Waals surface area (Å²) in [6.07, 6.45) is 1.61. The number of halogens is 1. The summed E-state index contributed by atoms with van der Waals surface area (Å²) in [5.74, 6) is -0.0296. The Bertz CT molecular complexity index is 1190. The van der Waals surface area contributed by atoms with Crippen LogP contribution in [0.15, 0.2) is 88.2 Å². The van der Waals surface area contributed by atoms with Crippen molar-refractivity contribution < 1.29 is 9.21 Å². The monoisotopic (exact) mass is 390 g/mol. The van der Waals surface area contributed by atoms with Gasteiger partial charge in [-0.15, -0.1) is 0 Å². The van der Waals surface area contributed by atoms with Crippen molar-refractivity contribution >= 4 is 34.3 Å². The molecule has 2 aromatic carbocycles. The van der Waals surface area contributed by atoms with E-state index in [1.807, 2.05) is 12.1 Å². The van der Waals surface area contributed by atoms with Crippen LogP contribution in [0, 0.1) is 0 Å². The number of rotatable bonds is 4. The molecule has 0 aliphatic rings. The minimum atomic E-state index is -0.448. The number of anilines is 1. The number of pyridine rings is 1. The molecule has 28 heavy (non-hydrogen) atoms. The fourth-order valence-corrected chi connectivity index (χ4v) is 3.01. The lowest BCUT2D eigenvalue weighted by atomic mass is 10.2. The van der Waals surface area contributed by atoms with E-state index in [1.54, 1.807) is 60.8 Å². The van der Waals surface area contributed by atoms with Crippen LogP contribution in [-0.4, -0.2) is 10.9 Å². The predicted molar refractivity (Wildman–Crippen MR) is 109 cm³/mol. The third kappa shape index (κ3) is 3.66. The summed E-state index contributed by atoms with van der Waals surface area (Å²) in [7, 11) is 0. The lowest BCUT2D eigenvalue weighted by molar-refractivity contribution is 0.0958. The van der Waals surface area contributed by atoms with E-state index in [9.17, 15) is 9.59 Å². The number of fused-ring (bicyclic) bond motifs is 1. The molecule has 138 valence electrons. The van der Waals surface area contributed by atoms with Crippen molar-refractivity contribution in [3.63, 3.8) is 0 Å². The first kappa shape index (κ1) is 17.9. The fourth-order valence-electron chi connectivity index (χ4n) is 2.88. The standard InChI is InChI=1S/C22H15ClN2O3/c23-16-10-8-15(9-11-16)14-25(21-7-3-4-12-24-21)22(27)20-13-18(26)17-5-1-2-6-19(17)28-20/h1-13H,14H2. The van der Waals surface area contributed by atoms with Crippen LogP contribution in [0.5, 0.6) is 0 Å². The van der Waals surface area contributed by atoms with Gasteiger partial charge in [0.1, 0.15) is 11.4 Å². The molecule has 0 N–H and O–H groups in total. The number of benzene rings is 2. The van der Waals surface area contributed by atoms with E-state index in [1.165, 1.54) is 11.0 Å². The second-order valence-corrected chi connectivity index (χ2v) is 6.61. The van der Waals surface area contributed by atoms with Gasteiger partial charge >= 0.3 is 0 Å². The molecule has 4 aromatic rings. The number of nitrogens with zero attached hydrogens (tertiary/aromatic N) is 2. The Kier molecular flexibility index (Phi) is 4.91. The SMILES string of the molecule is O=C(c1cc(=O)c2ccccc2o1)N(Cc1ccc(Cl)cc1)c1ccccn1.